The van der Waals surface area contributed by atoms with Crippen LogP contribution in [-0.4, -0.2) is 32.7 Å². The first-order chi connectivity index (χ1) is 12.7. The van der Waals surface area contributed by atoms with E-state index in [1.54, 1.807) is 0 Å². The molecule has 1 amide bonds. The van der Waals surface area contributed by atoms with Gasteiger partial charge in [-0.3, -0.25) is 24.4 Å². The Kier molecular flexibility index (Phi) is 6.27. The number of benzene rings is 1. The van der Waals surface area contributed by atoms with Crippen LogP contribution in [-0.2, 0) is 27.4 Å². The van der Waals surface area contributed by atoms with Crippen LogP contribution >= 0.6 is 0 Å². The van der Waals surface area contributed by atoms with E-state index in [1.165, 1.54) is 25.5 Å². The maximum absolute atomic E-state index is 12.1. The summed E-state index contributed by atoms with van der Waals surface area (Å²) in [6, 6.07) is 7.70. The van der Waals surface area contributed by atoms with Crippen molar-refractivity contribution in [3.63, 3.8) is 0 Å². The number of hydrogen-bond acceptors (Lipinski definition) is 6. The molecule has 1 aromatic carbocycles. The zero-order chi connectivity index (χ0) is 20.1. The third kappa shape index (κ3) is 5.13. The van der Waals surface area contributed by atoms with Crippen LogP contribution in [0, 0.1) is 30.9 Å². The van der Waals surface area contributed by atoms with Gasteiger partial charge in [0.05, 0.1) is 4.92 Å². The van der Waals surface area contributed by atoms with Crippen molar-refractivity contribution < 1.29 is 19.2 Å². The topological polar surface area (TPSA) is 116 Å². The van der Waals surface area contributed by atoms with Crippen LogP contribution in [0.4, 0.5) is 5.69 Å². The van der Waals surface area contributed by atoms with Crippen LogP contribution in [0.1, 0.15) is 29.4 Å². The molecule has 0 aliphatic carbocycles. The number of rotatable bonds is 7. The van der Waals surface area contributed by atoms with Crippen LogP contribution in [0.15, 0.2) is 24.3 Å². The van der Waals surface area contributed by atoms with E-state index in [0.717, 1.165) is 11.1 Å². The number of nitrogens with one attached hydrogen (secondary N) is 1. The highest BCUT2D eigenvalue weighted by Crippen LogP contribution is 2.21. The number of nitro groups is 1. The molecule has 0 saturated heterocycles. The van der Waals surface area contributed by atoms with Gasteiger partial charge in [0.25, 0.3) is 5.91 Å². The van der Waals surface area contributed by atoms with Crippen LogP contribution < -0.4 is 5.32 Å². The number of ether oxygens (including phenoxy) is 1. The lowest BCUT2D eigenvalue weighted by molar-refractivity contribution is -0.386. The van der Waals surface area contributed by atoms with E-state index < -0.39 is 22.9 Å². The summed E-state index contributed by atoms with van der Waals surface area (Å²) in [5, 5.41) is 17.7. The fraction of sp³-hybridized carbons (Fsp3) is 0.389. The summed E-state index contributed by atoms with van der Waals surface area (Å²) in [5.41, 5.74) is 2.39. The van der Waals surface area contributed by atoms with Crippen molar-refractivity contribution in [2.24, 2.45) is 0 Å². The van der Waals surface area contributed by atoms with Crippen molar-refractivity contribution in [2.45, 2.75) is 46.9 Å². The molecule has 1 aromatic heterocycles. The zero-order valence-corrected chi connectivity index (χ0v) is 15.7. The molecule has 9 heteroatoms. The second kappa shape index (κ2) is 8.43. The Bertz CT molecular complexity index is 857. The van der Waals surface area contributed by atoms with E-state index in [4.69, 9.17) is 4.74 Å². The monoisotopic (exact) mass is 374 g/mol. The summed E-state index contributed by atoms with van der Waals surface area (Å²) in [7, 11) is 0. The molecule has 27 heavy (non-hydrogen) atoms. The highest BCUT2D eigenvalue weighted by molar-refractivity contribution is 5.83. The van der Waals surface area contributed by atoms with Gasteiger partial charge >= 0.3 is 11.7 Å². The molecule has 1 atom stereocenters. The Morgan fingerprint density at radius 1 is 1.26 bits per heavy atom. The highest BCUT2D eigenvalue weighted by atomic mass is 16.6. The molecule has 0 fully saturated rings. The van der Waals surface area contributed by atoms with Crippen molar-refractivity contribution in [3.8, 4) is 0 Å². The number of aromatic nitrogens is 2. The van der Waals surface area contributed by atoms with Gasteiger partial charge in [0.15, 0.2) is 6.10 Å². The molecule has 0 radical (unpaired) electrons. The number of carbonyl (C=O) groups is 2. The van der Waals surface area contributed by atoms with Crippen molar-refractivity contribution >= 4 is 17.6 Å². The molecule has 2 rings (SSSR count). The van der Waals surface area contributed by atoms with Gasteiger partial charge in [0.2, 0.25) is 0 Å². The van der Waals surface area contributed by atoms with Gasteiger partial charge < -0.3 is 10.1 Å². The van der Waals surface area contributed by atoms with E-state index in [0.29, 0.717) is 6.54 Å². The molecule has 0 saturated carbocycles. The molecule has 0 spiro atoms. The smallest absolute Gasteiger partial charge is 0.328 e. The number of aryl methyl sites for hydroxylation is 2. The maximum atomic E-state index is 12.1. The van der Waals surface area contributed by atoms with Crippen molar-refractivity contribution in [1.82, 2.24) is 15.1 Å². The average Bonchev–Trinajstić information content (AvgIpc) is 2.87. The van der Waals surface area contributed by atoms with Gasteiger partial charge in [-0.15, -0.1) is 0 Å². The minimum Gasteiger partial charge on any atom is -0.451 e. The first kappa shape index (κ1) is 20.1. The SMILES string of the molecule is Cc1ccc(CNC(=O)[C@@H](C)OC(=O)Cn2nc(C)c([N+](=O)[O-])c2C)cc1. The lowest BCUT2D eigenvalue weighted by Crippen LogP contribution is -2.36. The molecule has 0 unspecified atom stereocenters. The Hall–Kier alpha value is -3.23. The summed E-state index contributed by atoms with van der Waals surface area (Å²) < 4.78 is 6.31. The summed E-state index contributed by atoms with van der Waals surface area (Å²) >= 11 is 0. The van der Waals surface area contributed by atoms with Gasteiger partial charge in [-0.25, -0.2) is 0 Å². The fourth-order valence-corrected chi connectivity index (χ4v) is 2.55. The number of hydrogen-bond donors (Lipinski definition) is 1. The molecule has 0 aliphatic heterocycles. The van der Waals surface area contributed by atoms with Gasteiger partial charge in [-0.1, -0.05) is 29.8 Å². The Labute approximate surface area is 156 Å². The second-order valence-corrected chi connectivity index (χ2v) is 6.27. The van der Waals surface area contributed by atoms with Gasteiger partial charge in [0.1, 0.15) is 17.9 Å². The van der Waals surface area contributed by atoms with E-state index in [-0.39, 0.29) is 23.6 Å². The molecule has 2 aromatic rings. The van der Waals surface area contributed by atoms with Gasteiger partial charge in [-0.2, -0.15) is 5.10 Å². The Morgan fingerprint density at radius 3 is 2.44 bits per heavy atom. The number of carbonyl (C=O) groups excluding carboxylic acids is 2. The first-order valence-corrected chi connectivity index (χ1v) is 8.40. The van der Waals surface area contributed by atoms with Crippen LogP contribution in [0.25, 0.3) is 0 Å². The largest absolute Gasteiger partial charge is 0.451 e. The minimum absolute atomic E-state index is 0.133. The molecular formula is C18H22N4O5. The van der Waals surface area contributed by atoms with E-state index in [9.17, 15) is 19.7 Å². The maximum Gasteiger partial charge on any atom is 0.328 e. The number of nitrogens with zero attached hydrogens (tertiary/aromatic N) is 3. The Balaban J connectivity index is 1.89. The van der Waals surface area contributed by atoms with E-state index in [1.807, 2.05) is 31.2 Å². The van der Waals surface area contributed by atoms with Crippen molar-refractivity contribution in [2.75, 3.05) is 0 Å². The fourth-order valence-electron chi connectivity index (χ4n) is 2.55. The zero-order valence-electron chi connectivity index (χ0n) is 15.7. The third-order valence-electron chi connectivity index (χ3n) is 4.07. The Morgan fingerprint density at radius 2 is 1.89 bits per heavy atom. The van der Waals surface area contributed by atoms with Crippen LogP contribution in [0.3, 0.4) is 0 Å². The highest BCUT2D eigenvalue weighted by Gasteiger charge is 2.24. The van der Waals surface area contributed by atoms with Crippen LogP contribution in [0.5, 0.6) is 0 Å². The minimum atomic E-state index is -0.991. The average molecular weight is 374 g/mol. The molecule has 0 bridgehead atoms. The van der Waals surface area contributed by atoms with Gasteiger partial charge in [0, 0.05) is 6.54 Å². The van der Waals surface area contributed by atoms with Crippen LogP contribution in [0.2, 0.25) is 0 Å². The molecule has 1 heterocycles. The number of esters is 1. The first-order valence-electron chi connectivity index (χ1n) is 8.40. The summed E-state index contributed by atoms with van der Waals surface area (Å²) in [4.78, 5) is 34.6. The lowest BCUT2D eigenvalue weighted by Gasteiger charge is -2.14. The van der Waals surface area contributed by atoms with E-state index in [2.05, 4.69) is 10.4 Å². The predicted molar refractivity (Wildman–Crippen MR) is 96.9 cm³/mol. The summed E-state index contributed by atoms with van der Waals surface area (Å²) in [6.45, 7) is 6.45. The molecule has 9 nitrogen and oxygen atoms in total. The molecular weight excluding hydrogens is 352 g/mol. The summed E-state index contributed by atoms with van der Waals surface area (Å²) in [6.07, 6.45) is -0.991. The quantitative estimate of drug-likeness (QED) is 0.450. The van der Waals surface area contributed by atoms with E-state index >= 15 is 0 Å². The predicted octanol–water partition coefficient (Wildman–Crippen LogP) is 1.96. The van der Waals surface area contributed by atoms with Crippen molar-refractivity contribution in [3.05, 3.63) is 56.9 Å². The normalized spacial score (nSPS) is 11.7. The van der Waals surface area contributed by atoms with Gasteiger partial charge in [-0.05, 0) is 33.3 Å². The standard InChI is InChI=1S/C18H22N4O5/c1-11-5-7-15(8-6-11)9-19-18(24)14(4)27-16(23)10-21-13(3)17(22(25)26)12(2)20-21/h5-8,14H,9-10H2,1-4H3,(H,19,24)/t14-/m1/s1. The molecule has 1 N–H and O–H groups in total. The third-order valence-corrected chi connectivity index (χ3v) is 4.07. The molecule has 144 valence electrons. The number of amides is 1. The lowest BCUT2D eigenvalue weighted by atomic mass is 10.1. The van der Waals surface area contributed by atoms with Crippen molar-refractivity contribution in [1.29, 1.82) is 0 Å². The molecule has 0 aliphatic rings. The summed E-state index contributed by atoms with van der Waals surface area (Å²) in [5.74, 6) is -1.13. The second-order valence-electron chi connectivity index (χ2n) is 6.27.